The number of nitrogens with zero attached hydrogens (tertiary/aromatic N) is 4. The van der Waals surface area contributed by atoms with Gasteiger partial charge in [0.25, 0.3) is 0 Å². The van der Waals surface area contributed by atoms with Gasteiger partial charge in [-0.15, -0.1) is 11.3 Å². The first-order valence-corrected chi connectivity index (χ1v) is 8.69. The van der Waals surface area contributed by atoms with E-state index in [1.807, 2.05) is 0 Å². The molecule has 0 aromatic carbocycles. The number of hydrogen-bond donors (Lipinski definition) is 0. The number of imidazole rings is 1. The highest BCUT2D eigenvalue weighted by Gasteiger charge is 2.28. The first kappa shape index (κ1) is 13.9. The minimum absolute atomic E-state index is 0.434. The first-order chi connectivity index (χ1) is 10.7. The molecule has 1 aliphatic heterocycles. The second kappa shape index (κ2) is 5.48. The summed E-state index contributed by atoms with van der Waals surface area (Å²) in [5.41, 5.74) is 4.77. The van der Waals surface area contributed by atoms with Crippen LogP contribution in [0.2, 0.25) is 0 Å². The van der Waals surface area contributed by atoms with Gasteiger partial charge in [0, 0.05) is 23.8 Å². The fraction of sp³-hybridized carbons (Fsp3) is 0.412. The highest BCUT2D eigenvalue weighted by Crippen LogP contribution is 2.33. The van der Waals surface area contributed by atoms with Gasteiger partial charge < -0.3 is 0 Å². The van der Waals surface area contributed by atoms with E-state index in [0.717, 1.165) is 29.4 Å². The maximum Gasteiger partial charge on any atom is 0.194 e. The molecular formula is C17H20N4S. The Morgan fingerprint density at radius 2 is 2.18 bits per heavy atom. The van der Waals surface area contributed by atoms with Crippen molar-refractivity contribution >= 4 is 16.3 Å². The number of thiazole rings is 1. The number of hydrogen-bond acceptors (Lipinski definition) is 4. The summed E-state index contributed by atoms with van der Waals surface area (Å²) in [6, 6.07) is 6.79. The Hall–Kier alpha value is -1.72. The van der Waals surface area contributed by atoms with Crippen LogP contribution in [0.4, 0.5) is 0 Å². The number of aromatic nitrogens is 3. The highest BCUT2D eigenvalue weighted by molar-refractivity contribution is 7.15. The summed E-state index contributed by atoms with van der Waals surface area (Å²) in [5.74, 6) is 0. The molecule has 1 fully saturated rings. The van der Waals surface area contributed by atoms with Gasteiger partial charge in [-0.1, -0.05) is 6.07 Å². The Morgan fingerprint density at radius 1 is 1.27 bits per heavy atom. The van der Waals surface area contributed by atoms with E-state index in [9.17, 15) is 0 Å². The molecule has 1 atom stereocenters. The number of fused-ring (bicyclic) bond motifs is 1. The first-order valence-electron chi connectivity index (χ1n) is 7.81. The molecule has 5 heteroatoms. The molecule has 1 saturated heterocycles. The van der Waals surface area contributed by atoms with Crippen molar-refractivity contribution < 1.29 is 0 Å². The normalized spacial score (nSPS) is 19.3. The molecule has 0 saturated carbocycles. The molecule has 0 bridgehead atoms. The van der Waals surface area contributed by atoms with Crippen LogP contribution in [0.1, 0.15) is 41.7 Å². The van der Waals surface area contributed by atoms with E-state index in [0.29, 0.717) is 6.04 Å². The molecule has 22 heavy (non-hydrogen) atoms. The average molecular weight is 312 g/mol. The summed E-state index contributed by atoms with van der Waals surface area (Å²) in [6.45, 7) is 6.27. The van der Waals surface area contributed by atoms with Gasteiger partial charge in [-0.3, -0.25) is 14.3 Å². The predicted molar refractivity (Wildman–Crippen MR) is 89.2 cm³/mol. The van der Waals surface area contributed by atoms with Crippen LogP contribution in [0.25, 0.3) is 4.96 Å². The van der Waals surface area contributed by atoms with Gasteiger partial charge in [-0.05, 0) is 45.4 Å². The fourth-order valence-corrected chi connectivity index (χ4v) is 4.20. The molecule has 0 amide bonds. The zero-order valence-electron chi connectivity index (χ0n) is 13.0. The van der Waals surface area contributed by atoms with E-state index in [2.05, 4.69) is 57.9 Å². The third-order valence-electron chi connectivity index (χ3n) is 4.53. The molecule has 0 aliphatic carbocycles. The van der Waals surface area contributed by atoms with Crippen molar-refractivity contribution in [1.29, 1.82) is 0 Å². The second-order valence-corrected chi connectivity index (χ2v) is 6.90. The van der Waals surface area contributed by atoms with E-state index in [1.165, 1.54) is 24.2 Å². The Bertz CT molecular complexity index is 804. The van der Waals surface area contributed by atoms with Crippen LogP contribution < -0.4 is 0 Å². The van der Waals surface area contributed by atoms with Gasteiger partial charge in [-0.2, -0.15) is 0 Å². The van der Waals surface area contributed by atoms with Crippen LogP contribution >= 0.6 is 11.3 Å². The summed E-state index contributed by atoms with van der Waals surface area (Å²) in [7, 11) is 0. The Kier molecular flexibility index (Phi) is 3.47. The van der Waals surface area contributed by atoms with Crippen LogP contribution in [0, 0.1) is 13.8 Å². The van der Waals surface area contributed by atoms with E-state index in [1.54, 1.807) is 11.3 Å². The molecule has 114 valence electrons. The van der Waals surface area contributed by atoms with Crippen LogP contribution in [-0.4, -0.2) is 25.8 Å². The van der Waals surface area contributed by atoms with Crippen LogP contribution in [0.3, 0.4) is 0 Å². The summed E-state index contributed by atoms with van der Waals surface area (Å²) in [6.07, 6.45) is 4.57. The maximum absolute atomic E-state index is 4.75. The zero-order chi connectivity index (χ0) is 15.1. The number of likely N-dealkylation sites (tertiary alicyclic amines) is 1. The van der Waals surface area contributed by atoms with Gasteiger partial charge in [0.05, 0.1) is 23.1 Å². The van der Waals surface area contributed by atoms with Crippen LogP contribution in [0.15, 0.2) is 29.8 Å². The quantitative estimate of drug-likeness (QED) is 0.738. The molecule has 4 heterocycles. The Labute approximate surface area is 134 Å². The van der Waals surface area contributed by atoms with Crippen molar-refractivity contribution in [2.24, 2.45) is 0 Å². The predicted octanol–water partition coefficient (Wildman–Crippen LogP) is 3.74. The van der Waals surface area contributed by atoms with Crippen molar-refractivity contribution in [1.82, 2.24) is 19.3 Å². The minimum atomic E-state index is 0.434. The smallest absolute Gasteiger partial charge is 0.194 e. The standard InChI is InChI=1S/C17H20N4S/c1-12-5-3-6-14(18-12)15-7-4-8-20(15)11-16-13(2)19-17-21(16)9-10-22-17/h3,5-6,9-10,15H,4,7-8,11H2,1-2H3/t15-/m1/s1. The molecule has 0 N–H and O–H groups in total. The molecule has 0 spiro atoms. The van der Waals surface area contributed by atoms with Gasteiger partial charge in [0.2, 0.25) is 0 Å². The zero-order valence-corrected chi connectivity index (χ0v) is 13.8. The topological polar surface area (TPSA) is 33.4 Å². The summed E-state index contributed by atoms with van der Waals surface area (Å²) in [5, 5.41) is 2.11. The van der Waals surface area contributed by atoms with Gasteiger partial charge in [0.1, 0.15) is 0 Å². The lowest BCUT2D eigenvalue weighted by molar-refractivity contribution is 0.240. The molecule has 4 rings (SSSR count). The van der Waals surface area contributed by atoms with Gasteiger partial charge in [-0.25, -0.2) is 4.98 Å². The minimum Gasteiger partial charge on any atom is -0.293 e. The summed E-state index contributed by atoms with van der Waals surface area (Å²) in [4.78, 5) is 13.1. The molecular weight excluding hydrogens is 292 g/mol. The lowest BCUT2D eigenvalue weighted by Gasteiger charge is -2.24. The highest BCUT2D eigenvalue weighted by atomic mass is 32.1. The largest absolute Gasteiger partial charge is 0.293 e. The Morgan fingerprint density at radius 3 is 3.05 bits per heavy atom. The fourth-order valence-electron chi connectivity index (χ4n) is 3.42. The van der Waals surface area contributed by atoms with Crippen molar-refractivity contribution in [2.45, 2.75) is 39.3 Å². The van der Waals surface area contributed by atoms with E-state index < -0.39 is 0 Å². The lowest BCUT2D eigenvalue weighted by atomic mass is 10.1. The van der Waals surface area contributed by atoms with Crippen molar-refractivity contribution in [3.8, 4) is 0 Å². The second-order valence-electron chi connectivity index (χ2n) is 6.03. The third kappa shape index (κ3) is 2.34. The lowest BCUT2D eigenvalue weighted by Crippen LogP contribution is -2.24. The van der Waals surface area contributed by atoms with Crippen LogP contribution in [0.5, 0.6) is 0 Å². The molecule has 3 aromatic rings. The van der Waals surface area contributed by atoms with Crippen molar-refractivity contribution in [3.05, 3.63) is 52.6 Å². The molecule has 0 radical (unpaired) electrons. The molecule has 3 aromatic heterocycles. The number of rotatable bonds is 3. The number of pyridine rings is 1. The van der Waals surface area contributed by atoms with Gasteiger partial charge >= 0.3 is 0 Å². The SMILES string of the molecule is Cc1cccc([C@H]2CCCN2Cc2c(C)nc3sccn23)n1. The molecule has 1 aliphatic rings. The monoisotopic (exact) mass is 312 g/mol. The van der Waals surface area contributed by atoms with E-state index in [4.69, 9.17) is 4.98 Å². The van der Waals surface area contributed by atoms with E-state index >= 15 is 0 Å². The third-order valence-corrected chi connectivity index (χ3v) is 5.29. The van der Waals surface area contributed by atoms with Crippen molar-refractivity contribution in [3.63, 3.8) is 0 Å². The average Bonchev–Trinajstić information content (AvgIpc) is 3.18. The van der Waals surface area contributed by atoms with Crippen molar-refractivity contribution in [2.75, 3.05) is 6.54 Å². The molecule has 4 nitrogen and oxygen atoms in total. The van der Waals surface area contributed by atoms with Crippen LogP contribution in [-0.2, 0) is 6.54 Å². The maximum atomic E-state index is 4.75. The summed E-state index contributed by atoms with van der Waals surface area (Å²) >= 11 is 1.70. The summed E-state index contributed by atoms with van der Waals surface area (Å²) < 4.78 is 2.24. The number of aryl methyl sites for hydroxylation is 2. The van der Waals surface area contributed by atoms with E-state index in [-0.39, 0.29) is 0 Å². The molecule has 0 unspecified atom stereocenters. The Balaban J connectivity index is 1.64. The van der Waals surface area contributed by atoms with Gasteiger partial charge in [0.15, 0.2) is 4.96 Å².